The van der Waals surface area contributed by atoms with Gasteiger partial charge in [-0.05, 0) is 42.7 Å². The Balaban J connectivity index is 1.23. The lowest BCUT2D eigenvalue weighted by atomic mass is 10.2. The minimum absolute atomic E-state index is 0.0450. The highest BCUT2D eigenvalue weighted by Gasteiger charge is 2.13. The smallest absolute Gasteiger partial charge is 0.238 e. The van der Waals surface area contributed by atoms with Crippen LogP contribution in [0.5, 0.6) is 0 Å². The monoisotopic (exact) mass is 366 g/mol. The molecule has 27 heavy (non-hydrogen) atoms. The van der Waals surface area contributed by atoms with Crippen molar-refractivity contribution >= 4 is 11.6 Å². The van der Waals surface area contributed by atoms with Crippen LogP contribution in [-0.4, -0.2) is 29.1 Å². The highest BCUT2D eigenvalue weighted by Crippen LogP contribution is 2.20. The van der Waals surface area contributed by atoms with Crippen LogP contribution in [0.25, 0.3) is 11.6 Å². The number of amides is 1. The molecule has 0 spiro atoms. The molecule has 140 valence electrons. The Bertz CT molecular complexity index is 865. The summed E-state index contributed by atoms with van der Waals surface area (Å²) in [6, 6.07) is 11.9. The summed E-state index contributed by atoms with van der Waals surface area (Å²) in [4.78, 5) is 18.7. The first-order valence-electron chi connectivity index (χ1n) is 9.25. The lowest BCUT2D eigenvalue weighted by Gasteiger charge is -2.17. The van der Waals surface area contributed by atoms with Crippen molar-refractivity contribution < 1.29 is 13.7 Å². The standard InChI is InChI=1S/C20H22N4O3/c25-18(9-10-19-22-20(23-27-19)17-4-3-13-26-17)21-14-15-5-7-16(8-6-15)24-11-1-2-12-24/h3-8,13H,1-2,9-12,14H2,(H,21,25). The fourth-order valence-corrected chi connectivity index (χ4v) is 3.17. The summed E-state index contributed by atoms with van der Waals surface area (Å²) >= 11 is 0. The van der Waals surface area contributed by atoms with Crippen molar-refractivity contribution in [2.75, 3.05) is 18.0 Å². The Morgan fingerprint density at radius 1 is 1.15 bits per heavy atom. The number of hydrogen-bond acceptors (Lipinski definition) is 6. The quantitative estimate of drug-likeness (QED) is 0.691. The lowest BCUT2D eigenvalue weighted by Crippen LogP contribution is -2.23. The Labute approximate surface area is 157 Å². The number of carbonyl (C=O) groups is 1. The van der Waals surface area contributed by atoms with Crippen LogP contribution in [-0.2, 0) is 17.8 Å². The average Bonchev–Trinajstić information content (AvgIpc) is 3.47. The Morgan fingerprint density at radius 3 is 2.70 bits per heavy atom. The molecule has 2 aromatic heterocycles. The van der Waals surface area contributed by atoms with Gasteiger partial charge >= 0.3 is 0 Å². The van der Waals surface area contributed by atoms with Gasteiger partial charge in [0, 0.05) is 38.2 Å². The predicted molar refractivity (Wildman–Crippen MR) is 100 cm³/mol. The number of aryl methyl sites for hydroxylation is 1. The van der Waals surface area contributed by atoms with E-state index in [9.17, 15) is 4.79 Å². The zero-order valence-electron chi connectivity index (χ0n) is 15.1. The fourth-order valence-electron chi connectivity index (χ4n) is 3.17. The molecule has 3 aromatic rings. The van der Waals surface area contributed by atoms with E-state index in [4.69, 9.17) is 8.94 Å². The number of benzene rings is 1. The predicted octanol–water partition coefficient (Wildman–Crippen LogP) is 3.18. The molecule has 0 saturated carbocycles. The minimum atomic E-state index is -0.0450. The van der Waals surface area contributed by atoms with E-state index in [1.165, 1.54) is 18.5 Å². The van der Waals surface area contributed by atoms with Gasteiger partial charge in [-0.25, -0.2) is 0 Å². The molecule has 1 aliphatic rings. The molecule has 7 nitrogen and oxygen atoms in total. The van der Waals surface area contributed by atoms with Crippen molar-refractivity contribution in [3.05, 3.63) is 54.1 Å². The summed E-state index contributed by atoms with van der Waals surface area (Å²) < 4.78 is 10.4. The van der Waals surface area contributed by atoms with E-state index in [1.807, 2.05) is 0 Å². The van der Waals surface area contributed by atoms with Gasteiger partial charge in [-0.1, -0.05) is 17.3 Å². The fraction of sp³-hybridized carbons (Fsp3) is 0.350. The summed E-state index contributed by atoms with van der Waals surface area (Å²) in [6.45, 7) is 2.78. The first kappa shape index (κ1) is 17.3. The van der Waals surface area contributed by atoms with Crippen LogP contribution in [0.15, 0.2) is 51.6 Å². The minimum Gasteiger partial charge on any atom is -0.461 e. The lowest BCUT2D eigenvalue weighted by molar-refractivity contribution is -0.121. The van der Waals surface area contributed by atoms with Gasteiger partial charge in [-0.2, -0.15) is 4.98 Å². The van der Waals surface area contributed by atoms with E-state index >= 15 is 0 Å². The van der Waals surface area contributed by atoms with Crippen molar-refractivity contribution in [2.45, 2.75) is 32.2 Å². The van der Waals surface area contributed by atoms with Gasteiger partial charge in [0.2, 0.25) is 17.6 Å². The van der Waals surface area contributed by atoms with E-state index in [2.05, 4.69) is 44.6 Å². The average molecular weight is 366 g/mol. The highest BCUT2D eigenvalue weighted by atomic mass is 16.5. The summed E-state index contributed by atoms with van der Waals surface area (Å²) in [5, 5.41) is 6.79. The first-order chi connectivity index (χ1) is 13.3. The number of aromatic nitrogens is 2. The van der Waals surface area contributed by atoms with Crippen molar-refractivity contribution in [1.29, 1.82) is 0 Å². The van der Waals surface area contributed by atoms with Crippen molar-refractivity contribution in [3.8, 4) is 11.6 Å². The molecule has 0 radical (unpaired) electrons. The van der Waals surface area contributed by atoms with Gasteiger partial charge in [-0.15, -0.1) is 0 Å². The molecule has 0 atom stereocenters. The van der Waals surface area contributed by atoms with Crippen molar-refractivity contribution in [2.24, 2.45) is 0 Å². The second-order valence-electron chi connectivity index (χ2n) is 6.63. The molecule has 4 rings (SSSR count). The summed E-state index contributed by atoms with van der Waals surface area (Å²) in [7, 11) is 0. The van der Waals surface area contributed by atoms with Crippen LogP contribution in [0.2, 0.25) is 0 Å². The largest absolute Gasteiger partial charge is 0.461 e. The van der Waals surface area contributed by atoms with Crippen LogP contribution in [0.4, 0.5) is 5.69 Å². The molecule has 1 aliphatic heterocycles. The molecule has 0 aliphatic carbocycles. The van der Waals surface area contributed by atoms with Gasteiger partial charge in [0.1, 0.15) is 0 Å². The molecule has 3 heterocycles. The molecule has 1 N–H and O–H groups in total. The van der Waals surface area contributed by atoms with Crippen LogP contribution in [0, 0.1) is 0 Å². The maximum atomic E-state index is 12.1. The van der Waals surface area contributed by atoms with Crippen LogP contribution in [0.1, 0.15) is 30.7 Å². The van der Waals surface area contributed by atoms with Crippen molar-refractivity contribution in [3.63, 3.8) is 0 Å². The topological polar surface area (TPSA) is 84.4 Å². The summed E-state index contributed by atoms with van der Waals surface area (Å²) in [5.74, 6) is 1.32. The molecule has 1 aromatic carbocycles. The third-order valence-corrected chi connectivity index (χ3v) is 4.67. The molecule has 1 amide bonds. The van der Waals surface area contributed by atoms with Gasteiger partial charge in [-0.3, -0.25) is 4.79 Å². The van der Waals surface area contributed by atoms with Crippen LogP contribution < -0.4 is 10.2 Å². The van der Waals surface area contributed by atoms with Gasteiger partial charge < -0.3 is 19.2 Å². The third-order valence-electron chi connectivity index (χ3n) is 4.67. The Kier molecular flexibility index (Phi) is 5.18. The van der Waals surface area contributed by atoms with E-state index in [1.54, 1.807) is 18.4 Å². The molecular weight excluding hydrogens is 344 g/mol. The van der Waals surface area contributed by atoms with E-state index < -0.39 is 0 Å². The van der Waals surface area contributed by atoms with E-state index in [0.717, 1.165) is 18.7 Å². The molecule has 0 bridgehead atoms. The normalized spacial score (nSPS) is 13.9. The van der Waals surface area contributed by atoms with Gasteiger partial charge in [0.05, 0.1) is 6.26 Å². The molecular formula is C20H22N4O3. The van der Waals surface area contributed by atoms with Gasteiger partial charge in [0.15, 0.2) is 5.76 Å². The molecule has 1 saturated heterocycles. The SMILES string of the molecule is O=C(CCc1nc(-c2ccco2)no1)NCc1ccc(N2CCCC2)cc1. The molecule has 7 heteroatoms. The maximum absolute atomic E-state index is 12.1. The number of furan rings is 1. The van der Waals surface area contributed by atoms with Gasteiger partial charge in [0.25, 0.3) is 0 Å². The van der Waals surface area contributed by atoms with E-state index in [0.29, 0.717) is 36.9 Å². The second kappa shape index (κ2) is 8.07. The zero-order chi connectivity index (χ0) is 18.5. The van der Waals surface area contributed by atoms with Crippen LogP contribution in [0.3, 0.4) is 0 Å². The number of nitrogens with one attached hydrogen (secondary N) is 1. The third kappa shape index (κ3) is 4.36. The number of carbonyl (C=O) groups excluding carboxylic acids is 1. The highest BCUT2D eigenvalue weighted by molar-refractivity contribution is 5.76. The number of rotatable bonds is 7. The Morgan fingerprint density at radius 2 is 1.96 bits per heavy atom. The summed E-state index contributed by atoms with van der Waals surface area (Å²) in [6.07, 6.45) is 4.78. The van der Waals surface area contributed by atoms with E-state index in [-0.39, 0.29) is 5.91 Å². The van der Waals surface area contributed by atoms with Crippen molar-refractivity contribution in [1.82, 2.24) is 15.5 Å². The second-order valence-corrected chi connectivity index (χ2v) is 6.63. The number of nitrogens with zero attached hydrogens (tertiary/aromatic N) is 3. The summed E-state index contributed by atoms with van der Waals surface area (Å²) in [5.41, 5.74) is 2.34. The molecule has 1 fully saturated rings. The first-order valence-corrected chi connectivity index (χ1v) is 9.25. The number of anilines is 1. The Hall–Kier alpha value is -3.09. The number of hydrogen-bond donors (Lipinski definition) is 1. The van der Waals surface area contributed by atoms with Crippen LogP contribution >= 0.6 is 0 Å². The maximum Gasteiger partial charge on any atom is 0.238 e. The zero-order valence-corrected chi connectivity index (χ0v) is 15.1. The molecule has 0 unspecified atom stereocenters.